The first-order chi connectivity index (χ1) is 35.8. The summed E-state index contributed by atoms with van der Waals surface area (Å²) in [5.41, 5.74) is 19.9. The Bertz CT molecular complexity index is 2590. The summed E-state index contributed by atoms with van der Waals surface area (Å²) >= 11 is 0. The number of nitrogens with one attached hydrogen (secondary N) is 7. The number of rotatable bonds is 18. The third-order valence-corrected chi connectivity index (χ3v) is 15.0. The smallest absolute Gasteiger partial charge is 0.244 e. The van der Waals surface area contributed by atoms with Gasteiger partial charge in [-0.05, 0) is 97.5 Å². The normalized spacial score (nSPS) is 21.8. The Labute approximate surface area is 444 Å². The third-order valence-electron chi connectivity index (χ3n) is 12.5. The zero-order valence-corrected chi connectivity index (χ0v) is 43.9. The summed E-state index contributed by atoms with van der Waals surface area (Å²) in [5.74, 6) is -7.51. The molecule has 1 aliphatic rings. The van der Waals surface area contributed by atoms with Gasteiger partial charge in [0, 0.05) is 17.9 Å². The van der Waals surface area contributed by atoms with Gasteiger partial charge in [0.15, 0.2) is 0 Å². The molecule has 8 amide bonds. The lowest BCUT2D eigenvalue weighted by molar-refractivity contribution is -0.136. The van der Waals surface area contributed by atoms with Crippen LogP contribution in [0.3, 0.4) is 0 Å². The SMILES string of the molecule is CC(C)[C@@H]1NC(=O)[C@H](CCCCN)NC(=O)[C@@H](CCc2ccccc2)NC(=O)[C@H](Cc2ccc(O)cc2)NC(=O)[C@@H](NC(=O)[C@H](N)Cc2ccc3ccccc3c2)CSSC[C@@H](C(=O)N[C@H](C(N)=O)C(C)O)NC1=O. The zero-order valence-electron chi connectivity index (χ0n) is 42.3. The van der Waals surface area contributed by atoms with Crippen molar-refractivity contribution in [1.82, 2.24) is 37.2 Å². The maximum Gasteiger partial charge on any atom is 0.244 e. The van der Waals surface area contributed by atoms with E-state index in [2.05, 4.69) is 37.2 Å². The lowest BCUT2D eigenvalue weighted by atomic mass is 10.00. The number of aryl methyl sites for hydroxylation is 1. The highest BCUT2D eigenvalue weighted by Gasteiger charge is 2.36. The van der Waals surface area contributed by atoms with Crippen molar-refractivity contribution in [2.24, 2.45) is 23.1 Å². The van der Waals surface area contributed by atoms with Crippen LogP contribution >= 0.6 is 21.6 Å². The number of primary amides is 1. The molecule has 15 N–H and O–H groups in total. The highest BCUT2D eigenvalue weighted by molar-refractivity contribution is 8.76. The van der Waals surface area contributed by atoms with Gasteiger partial charge in [0.1, 0.15) is 48.0 Å². The number of unbranched alkanes of at least 4 members (excludes halogenated alkanes) is 1. The number of hydrogen-bond donors (Lipinski definition) is 12. The second kappa shape index (κ2) is 29.4. The summed E-state index contributed by atoms with van der Waals surface area (Å²) in [4.78, 5) is 113. The first-order valence-corrected chi connectivity index (χ1v) is 27.4. The molecule has 1 aliphatic heterocycles. The van der Waals surface area contributed by atoms with Gasteiger partial charge in [0.2, 0.25) is 47.3 Å². The first kappa shape index (κ1) is 59.2. The fraction of sp³-hybridized carbons (Fsp3) is 0.434. The van der Waals surface area contributed by atoms with Crippen molar-refractivity contribution >= 4 is 79.6 Å². The summed E-state index contributed by atoms with van der Waals surface area (Å²) < 4.78 is 0. The van der Waals surface area contributed by atoms with Gasteiger partial charge in [-0.25, -0.2) is 0 Å². The predicted molar refractivity (Wildman–Crippen MR) is 289 cm³/mol. The lowest BCUT2D eigenvalue weighted by Crippen LogP contribution is -2.62. The van der Waals surface area contributed by atoms with Crippen LogP contribution in [-0.4, -0.2) is 130 Å². The molecule has 75 heavy (non-hydrogen) atoms. The molecule has 1 heterocycles. The molecule has 0 saturated carbocycles. The van der Waals surface area contributed by atoms with Crippen LogP contribution in [0.15, 0.2) is 97.1 Å². The van der Waals surface area contributed by atoms with E-state index in [0.29, 0.717) is 24.8 Å². The molecule has 1 saturated heterocycles. The molecule has 0 aromatic heterocycles. The molecule has 404 valence electrons. The Morgan fingerprint density at radius 2 is 1.28 bits per heavy atom. The Balaban J connectivity index is 1.55. The molecule has 1 fully saturated rings. The van der Waals surface area contributed by atoms with E-state index in [4.69, 9.17) is 17.2 Å². The van der Waals surface area contributed by atoms with E-state index >= 15 is 0 Å². The fourth-order valence-corrected chi connectivity index (χ4v) is 10.5. The highest BCUT2D eigenvalue weighted by Crippen LogP contribution is 2.24. The molecule has 0 aliphatic carbocycles. The van der Waals surface area contributed by atoms with E-state index in [1.54, 1.807) is 26.0 Å². The quantitative estimate of drug-likeness (QED) is 0.0483. The number of fused-ring (bicyclic) bond motifs is 1. The van der Waals surface area contributed by atoms with E-state index in [0.717, 1.165) is 43.5 Å². The van der Waals surface area contributed by atoms with E-state index < -0.39 is 108 Å². The number of carbonyl (C=O) groups is 8. The fourth-order valence-electron chi connectivity index (χ4n) is 8.20. The summed E-state index contributed by atoms with van der Waals surface area (Å²) in [7, 11) is 2.04. The third kappa shape index (κ3) is 18.6. The minimum atomic E-state index is -1.54. The number of hydrogen-bond acceptors (Lipinski definition) is 14. The van der Waals surface area contributed by atoms with Crippen LogP contribution in [0.25, 0.3) is 10.8 Å². The van der Waals surface area contributed by atoms with Crippen molar-refractivity contribution in [2.75, 3.05) is 18.1 Å². The Morgan fingerprint density at radius 1 is 0.680 bits per heavy atom. The molecule has 0 radical (unpaired) electrons. The summed E-state index contributed by atoms with van der Waals surface area (Å²) in [6.07, 6.45) is -0.122. The van der Waals surface area contributed by atoms with Gasteiger partial charge in [0.05, 0.1) is 12.1 Å². The van der Waals surface area contributed by atoms with Gasteiger partial charge in [0.25, 0.3) is 0 Å². The van der Waals surface area contributed by atoms with Crippen LogP contribution in [0.4, 0.5) is 0 Å². The molecule has 5 rings (SSSR count). The number of benzene rings is 4. The Morgan fingerprint density at radius 3 is 1.93 bits per heavy atom. The second-order valence-corrected chi connectivity index (χ2v) is 21.5. The van der Waals surface area contributed by atoms with Crippen molar-refractivity contribution in [3.05, 3.63) is 114 Å². The van der Waals surface area contributed by atoms with Crippen molar-refractivity contribution < 1.29 is 48.6 Å². The number of phenolic OH excluding ortho intramolecular Hbond substituents is 1. The van der Waals surface area contributed by atoms with Gasteiger partial charge in [-0.1, -0.05) is 120 Å². The molecular formula is C53H70N10O10S2. The highest BCUT2D eigenvalue weighted by atomic mass is 33.1. The van der Waals surface area contributed by atoms with Crippen LogP contribution in [0, 0.1) is 5.92 Å². The van der Waals surface area contributed by atoms with Crippen molar-refractivity contribution in [3.8, 4) is 5.75 Å². The standard InChI is InChI=1S/C53H70N10O10S2/c1-30(2)44-53(73)61-43(52(72)63-45(31(3)64)46(56)66)29-75-74-28-42(60-47(67)38(55)26-34-16-20-35-13-7-8-14-36(35)25-34)51(71)59-41(27-33-17-21-37(65)22-18-33)50(70)58-40(23-19-32-11-5-4-6-12-32)48(68)57-39(49(69)62-44)15-9-10-24-54/h4-8,11-14,16-18,20-22,25,30-31,38-45,64-65H,9-10,15,19,23-24,26-29,54-55H2,1-3H3,(H2,56,66)(H,57,68)(H,58,70)(H,59,71)(H,60,67)(H,61,73)(H,62,69)(H,63,72)/t31?,38-,39+,40-,41+,42+,43+,44+,45+/m1/s1. The molecule has 20 nitrogen and oxygen atoms in total. The van der Waals surface area contributed by atoms with Crippen molar-refractivity contribution in [2.45, 2.75) is 120 Å². The topological polar surface area (TPSA) is 339 Å². The monoisotopic (exact) mass is 1070 g/mol. The molecular weight excluding hydrogens is 1000 g/mol. The summed E-state index contributed by atoms with van der Waals surface area (Å²) in [6.45, 7) is 4.87. The molecule has 4 aromatic carbocycles. The second-order valence-electron chi connectivity index (χ2n) is 18.9. The molecule has 0 spiro atoms. The van der Waals surface area contributed by atoms with E-state index in [9.17, 15) is 48.6 Å². The van der Waals surface area contributed by atoms with Crippen LogP contribution < -0.4 is 54.4 Å². The van der Waals surface area contributed by atoms with Gasteiger partial charge < -0.3 is 64.6 Å². The number of carbonyl (C=O) groups excluding carboxylic acids is 8. The molecule has 22 heteroatoms. The maximum atomic E-state index is 14.7. The number of aliphatic hydroxyl groups is 1. The van der Waals surface area contributed by atoms with Crippen LogP contribution in [0.5, 0.6) is 5.75 Å². The minimum Gasteiger partial charge on any atom is -0.508 e. The van der Waals surface area contributed by atoms with Crippen LogP contribution in [0.2, 0.25) is 0 Å². The number of phenols is 1. The van der Waals surface area contributed by atoms with Crippen molar-refractivity contribution in [1.29, 1.82) is 0 Å². The average molecular weight is 1070 g/mol. The molecule has 9 atom stereocenters. The minimum absolute atomic E-state index is 0.0434. The summed E-state index contributed by atoms with van der Waals surface area (Å²) in [5, 5.41) is 41.2. The lowest BCUT2D eigenvalue weighted by Gasteiger charge is -2.29. The number of amides is 8. The summed E-state index contributed by atoms with van der Waals surface area (Å²) in [6, 6.07) is 17.9. The van der Waals surface area contributed by atoms with E-state index in [-0.39, 0.29) is 49.5 Å². The average Bonchev–Trinajstić information content (AvgIpc) is 3.38. The van der Waals surface area contributed by atoms with Crippen LogP contribution in [-0.2, 0) is 57.6 Å². The van der Waals surface area contributed by atoms with Crippen molar-refractivity contribution in [3.63, 3.8) is 0 Å². The zero-order chi connectivity index (χ0) is 54.6. The maximum absolute atomic E-state index is 14.7. The molecule has 0 bridgehead atoms. The van der Waals surface area contributed by atoms with E-state index in [1.807, 2.05) is 72.8 Å². The van der Waals surface area contributed by atoms with Gasteiger partial charge in [-0.15, -0.1) is 0 Å². The number of aliphatic hydroxyl groups excluding tert-OH is 1. The largest absolute Gasteiger partial charge is 0.508 e. The van der Waals surface area contributed by atoms with Gasteiger partial charge >= 0.3 is 0 Å². The Kier molecular flexibility index (Phi) is 23.2. The van der Waals surface area contributed by atoms with Gasteiger partial charge in [-0.2, -0.15) is 0 Å². The molecule has 1 unspecified atom stereocenters. The van der Waals surface area contributed by atoms with Gasteiger partial charge in [-0.3, -0.25) is 38.4 Å². The Hall–Kier alpha value is -6.72. The number of aromatic hydroxyl groups is 1. The van der Waals surface area contributed by atoms with Crippen LogP contribution in [0.1, 0.15) is 63.1 Å². The first-order valence-electron chi connectivity index (χ1n) is 24.9. The van der Waals surface area contributed by atoms with E-state index in [1.165, 1.54) is 19.1 Å². The molecule has 4 aromatic rings. The number of nitrogens with two attached hydrogens (primary N) is 3. The predicted octanol–water partition coefficient (Wildman–Crippen LogP) is 0.730.